The Kier molecular flexibility index (Phi) is 6.20. The largest absolute Gasteiger partial charge is 1.00 e. The van der Waals surface area contributed by atoms with Crippen molar-refractivity contribution >= 4 is 35.1 Å². The van der Waals surface area contributed by atoms with Crippen LogP contribution in [0.2, 0.25) is 10.0 Å². The van der Waals surface area contributed by atoms with Gasteiger partial charge in [-0.15, -0.1) is 0 Å². The first-order chi connectivity index (χ1) is 10.2. The monoisotopic (exact) mass is 366 g/mol. The minimum Gasteiger partial charge on any atom is -0.543 e. The van der Waals surface area contributed by atoms with E-state index in [1.165, 1.54) is 18.2 Å². The Morgan fingerprint density at radius 1 is 1.13 bits per heavy atom. The standard InChI is InChI=1S/C12H6Cl2N2O6.Na/c13-4-1-5(14)3-6(2-4)16-8(11(20)21)7(10(18)19)9(17)15-12(16)22;/h1-3H,(H,18,19)(H,20,21)(H,15,17,22);/q;+1/p-1. The zero-order chi connectivity index (χ0) is 16.6. The zero-order valence-electron chi connectivity index (χ0n) is 11.4. The molecule has 0 aliphatic carbocycles. The third kappa shape index (κ3) is 3.85. The number of halogens is 2. The molecule has 0 unspecified atom stereocenters. The van der Waals surface area contributed by atoms with Crippen molar-refractivity contribution in [2.24, 2.45) is 0 Å². The molecule has 0 spiro atoms. The van der Waals surface area contributed by atoms with Crippen LogP contribution in [0.3, 0.4) is 0 Å². The fraction of sp³-hybridized carbons (Fsp3) is 0. The number of aromatic nitrogens is 2. The van der Waals surface area contributed by atoms with Crippen molar-refractivity contribution in [2.75, 3.05) is 0 Å². The second-order valence-corrected chi connectivity index (χ2v) is 4.91. The van der Waals surface area contributed by atoms with Crippen LogP contribution in [0, 0.1) is 0 Å². The predicted molar refractivity (Wildman–Crippen MR) is 74.0 cm³/mol. The summed E-state index contributed by atoms with van der Waals surface area (Å²) in [5.41, 5.74) is -4.93. The second-order valence-electron chi connectivity index (χ2n) is 4.04. The van der Waals surface area contributed by atoms with Crippen molar-refractivity contribution in [3.05, 3.63) is 60.3 Å². The Bertz CT molecular complexity index is 900. The van der Waals surface area contributed by atoms with Crippen LogP contribution >= 0.6 is 23.2 Å². The van der Waals surface area contributed by atoms with Gasteiger partial charge in [-0.1, -0.05) is 23.2 Å². The summed E-state index contributed by atoms with van der Waals surface area (Å²) in [6, 6.07) is 3.66. The van der Waals surface area contributed by atoms with Crippen LogP contribution in [0.25, 0.3) is 5.69 Å². The van der Waals surface area contributed by atoms with E-state index in [0.717, 1.165) is 0 Å². The van der Waals surface area contributed by atoms with Gasteiger partial charge < -0.3 is 15.0 Å². The van der Waals surface area contributed by atoms with Crippen LogP contribution in [0.4, 0.5) is 0 Å². The van der Waals surface area contributed by atoms with Crippen LogP contribution in [-0.2, 0) is 0 Å². The summed E-state index contributed by atoms with van der Waals surface area (Å²) in [6.45, 7) is 0. The molecule has 0 radical (unpaired) electrons. The van der Waals surface area contributed by atoms with E-state index in [-0.39, 0.29) is 45.3 Å². The summed E-state index contributed by atoms with van der Waals surface area (Å²) in [4.78, 5) is 47.5. The van der Waals surface area contributed by atoms with Crippen LogP contribution in [-0.4, -0.2) is 26.6 Å². The summed E-state index contributed by atoms with van der Waals surface area (Å²) in [5, 5.41) is 20.4. The van der Waals surface area contributed by atoms with Crippen LogP contribution in [0.1, 0.15) is 20.8 Å². The van der Waals surface area contributed by atoms with Crippen molar-refractivity contribution in [2.45, 2.75) is 0 Å². The molecule has 1 heterocycles. The topological polar surface area (TPSA) is 132 Å². The summed E-state index contributed by atoms with van der Waals surface area (Å²) in [6.07, 6.45) is 0. The second kappa shape index (κ2) is 7.33. The van der Waals surface area contributed by atoms with E-state index in [4.69, 9.17) is 28.3 Å². The van der Waals surface area contributed by atoms with Crippen molar-refractivity contribution < 1.29 is 49.4 Å². The van der Waals surface area contributed by atoms with Gasteiger partial charge in [-0.3, -0.25) is 14.3 Å². The maximum Gasteiger partial charge on any atom is 1.00 e. The Morgan fingerprint density at radius 2 is 1.65 bits per heavy atom. The third-order valence-corrected chi connectivity index (χ3v) is 3.06. The van der Waals surface area contributed by atoms with E-state index in [1.807, 2.05) is 0 Å². The molecular formula is C12H5Cl2N2NaO6. The van der Waals surface area contributed by atoms with Crippen molar-refractivity contribution in [3.8, 4) is 5.69 Å². The maximum atomic E-state index is 11.9. The Hall–Kier alpha value is -1.58. The first-order valence-electron chi connectivity index (χ1n) is 5.53. The number of hydrogen-bond acceptors (Lipinski definition) is 5. The maximum absolute atomic E-state index is 11.9. The van der Waals surface area contributed by atoms with Gasteiger partial charge in [0.25, 0.3) is 5.56 Å². The molecule has 2 N–H and O–H groups in total. The molecule has 11 heteroatoms. The molecule has 0 aliphatic rings. The number of hydrogen-bond donors (Lipinski definition) is 2. The minimum absolute atomic E-state index is 0. The van der Waals surface area contributed by atoms with Crippen LogP contribution in [0.5, 0.6) is 0 Å². The first kappa shape index (κ1) is 19.5. The Balaban J connectivity index is 0.00000264. The normalized spacial score (nSPS) is 10.0. The molecule has 114 valence electrons. The van der Waals surface area contributed by atoms with E-state index in [2.05, 4.69) is 0 Å². The molecule has 2 rings (SSSR count). The summed E-state index contributed by atoms with van der Waals surface area (Å²) < 4.78 is 0.442. The van der Waals surface area contributed by atoms with Gasteiger partial charge in [0.1, 0.15) is 0 Å². The van der Waals surface area contributed by atoms with Gasteiger partial charge in [-0.05, 0) is 18.2 Å². The van der Waals surface area contributed by atoms with E-state index >= 15 is 0 Å². The average Bonchev–Trinajstić information content (AvgIpc) is 2.35. The summed E-state index contributed by atoms with van der Waals surface area (Å²) in [5.74, 6) is -3.85. The molecule has 1 aromatic heterocycles. The smallest absolute Gasteiger partial charge is 0.543 e. The molecular weight excluding hydrogens is 362 g/mol. The zero-order valence-corrected chi connectivity index (χ0v) is 14.9. The summed E-state index contributed by atoms with van der Waals surface area (Å²) >= 11 is 11.5. The Morgan fingerprint density at radius 3 is 2.09 bits per heavy atom. The molecule has 0 saturated carbocycles. The van der Waals surface area contributed by atoms with Crippen molar-refractivity contribution in [1.82, 2.24) is 9.55 Å². The number of benzene rings is 1. The molecule has 1 aromatic carbocycles. The number of aromatic amines is 1. The number of aromatic carboxylic acids is 2. The predicted octanol–water partition coefficient (Wildman–Crippen LogP) is -3.10. The number of carbonyl (C=O) groups excluding carboxylic acids is 1. The van der Waals surface area contributed by atoms with Gasteiger partial charge in [-0.25, -0.2) is 9.59 Å². The number of nitrogens with zero attached hydrogens (tertiary/aromatic N) is 1. The fourth-order valence-electron chi connectivity index (χ4n) is 1.84. The van der Waals surface area contributed by atoms with E-state index in [9.17, 15) is 24.3 Å². The summed E-state index contributed by atoms with van der Waals surface area (Å²) in [7, 11) is 0. The van der Waals surface area contributed by atoms with Gasteiger partial charge in [0.15, 0.2) is 5.56 Å². The van der Waals surface area contributed by atoms with Crippen molar-refractivity contribution in [3.63, 3.8) is 0 Å². The number of rotatable bonds is 3. The molecule has 0 bridgehead atoms. The van der Waals surface area contributed by atoms with E-state index in [1.54, 1.807) is 4.98 Å². The van der Waals surface area contributed by atoms with Gasteiger partial charge in [0.05, 0.1) is 17.4 Å². The molecule has 23 heavy (non-hydrogen) atoms. The number of carbonyl (C=O) groups is 2. The molecule has 2 aromatic rings. The van der Waals surface area contributed by atoms with Crippen LogP contribution < -0.4 is 45.9 Å². The molecule has 0 saturated heterocycles. The fourth-order valence-corrected chi connectivity index (χ4v) is 2.36. The van der Waals surface area contributed by atoms with Crippen molar-refractivity contribution in [1.29, 1.82) is 0 Å². The molecule has 0 fully saturated rings. The van der Waals surface area contributed by atoms with Crippen LogP contribution in [0.15, 0.2) is 27.8 Å². The quantitative estimate of drug-likeness (QED) is 0.553. The number of nitrogens with one attached hydrogen (secondary N) is 1. The van der Waals surface area contributed by atoms with Gasteiger partial charge in [0.2, 0.25) is 0 Å². The van der Waals surface area contributed by atoms with E-state index < -0.39 is 34.4 Å². The van der Waals surface area contributed by atoms with E-state index in [0.29, 0.717) is 4.57 Å². The average molecular weight is 367 g/mol. The minimum atomic E-state index is -2.02. The third-order valence-electron chi connectivity index (χ3n) is 2.62. The molecule has 0 atom stereocenters. The van der Waals surface area contributed by atoms with Gasteiger partial charge in [0, 0.05) is 10.0 Å². The molecule has 8 nitrogen and oxygen atoms in total. The molecule has 0 aliphatic heterocycles. The molecule has 0 amide bonds. The van der Waals surface area contributed by atoms with Gasteiger partial charge in [-0.2, -0.15) is 0 Å². The number of carboxylic acids is 2. The van der Waals surface area contributed by atoms with Gasteiger partial charge >= 0.3 is 41.2 Å². The number of carboxylic acid groups (broad SMARTS) is 2. The Labute approximate surface area is 159 Å². The first-order valence-corrected chi connectivity index (χ1v) is 6.28. The SMILES string of the molecule is O=C(O)c1c(C(=O)[O-])n(-c2cc(Cl)cc(Cl)c2)c(=O)[nH]c1=O.[Na+]. The number of H-pyrrole nitrogens is 1.